The van der Waals surface area contributed by atoms with E-state index in [9.17, 15) is 0 Å². The Morgan fingerprint density at radius 1 is 1.12 bits per heavy atom. The number of ether oxygens (including phenoxy) is 1. The summed E-state index contributed by atoms with van der Waals surface area (Å²) in [6.07, 6.45) is 0.988. The summed E-state index contributed by atoms with van der Waals surface area (Å²) < 4.78 is 5.25. The van der Waals surface area contributed by atoms with Crippen LogP contribution in [-0.4, -0.2) is 49.3 Å². The van der Waals surface area contributed by atoms with Crippen molar-refractivity contribution in [2.75, 3.05) is 38.2 Å². The number of methoxy groups -OCH3 is 1. The van der Waals surface area contributed by atoms with Gasteiger partial charge in [0.05, 0.1) is 7.11 Å². The quantitative estimate of drug-likeness (QED) is 0.816. The summed E-state index contributed by atoms with van der Waals surface area (Å²) in [4.78, 5) is 4.72. The number of anilines is 1. The minimum Gasteiger partial charge on any atom is -0.497 e. The fourth-order valence-corrected chi connectivity index (χ4v) is 3.64. The number of rotatable bonds is 5. The van der Waals surface area contributed by atoms with Gasteiger partial charge in [-0.05, 0) is 55.4 Å². The Hall–Kier alpha value is -2.27. The summed E-state index contributed by atoms with van der Waals surface area (Å²) >= 11 is 5.61. The van der Waals surface area contributed by atoms with E-state index in [-0.39, 0.29) is 0 Å². The van der Waals surface area contributed by atoms with Crippen LogP contribution >= 0.6 is 12.2 Å². The van der Waals surface area contributed by atoms with E-state index in [4.69, 9.17) is 17.0 Å². The van der Waals surface area contributed by atoms with Crippen molar-refractivity contribution >= 4 is 23.0 Å². The van der Waals surface area contributed by atoms with Crippen molar-refractivity contribution in [1.29, 1.82) is 0 Å². The molecular weight excluding hydrogens is 342 g/mol. The topological polar surface area (TPSA) is 27.7 Å². The minimum absolute atomic E-state index is 0.408. The molecule has 0 spiro atoms. The number of hydrogen-bond acceptors (Lipinski definition) is 3. The smallest absolute Gasteiger partial charge is 0.169 e. The van der Waals surface area contributed by atoms with Crippen LogP contribution in [0.25, 0.3) is 0 Å². The van der Waals surface area contributed by atoms with Crippen LogP contribution in [0.3, 0.4) is 0 Å². The predicted octanol–water partition coefficient (Wildman–Crippen LogP) is 3.32. The van der Waals surface area contributed by atoms with E-state index in [0.717, 1.165) is 43.5 Å². The van der Waals surface area contributed by atoms with Crippen molar-refractivity contribution in [1.82, 2.24) is 10.2 Å². The zero-order chi connectivity index (χ0) is 18.4. The highest BCUT2D eigenvalue weighted by atomic mass is 32.1. The molecule has 1 atom stereocenters. The Morgan fingerprint density at radius 3 is 2.50 bits per heavy atom. The van der Waals surface area contributed by atoms with Crippen LogP contribution in [0.4, 0.5) is 5.69 Å². The molecule has 1 aliphatic rings. The highest BCUT2D eigenvalue weighted by Crippen LogP contribution is 2.23. The third kappa shape index (κ3) is 4.67. The zero-order valence-corrected chi connectivity index (χ0v) is 16.3. The van der Waals surface area contributed by atoms with Gasteiger partial charge in [-0.15, -0.1) is 0 Å². The first-order valence-electron chi connectivity index (χ1n) is 9.15. The summed E-state index contributed by atoms with van der Waals surface area (Å²) in [7, 11) is 1.70. The Bertz CT molecular complexity index is 705. The molecule has 0 saturated carbocycles. The molecule has 1 heterocycles. The summed E-state index contributed by atoms with van der Waals surface area (Å²) in [5, 5.41) is 4.28. The number of thiocarbonyl (C=S) groups is 1. The van der Waals surface area contributed by atoms with Crippen molar-refractivity contribution in [2.45, 2.75) is 19.4 Å². The second-order valence-electron chi connectivity index (χ2n) is 6.65. The van der Waals surface area contributed by atoms with Gasteiger partial charge in [-0.25, -0.2) is 0 Å². The standard InChI is InChI=1S/C21H27N3OS/c1-17-16-23(21(26)22-13-12-18-6-4-3-5-7-18)14-15-24(17)19-8-10-20(25-2)11-9-19/h3-11,17H,12-16H2,1-2H3,(H,22,26). The summed E-state index contributed by atoms with van der Waals surface area (Å²) in [5.41, 5.74) is 2.57. The first-order chi connectivity index (χ1) is 12.7. The minimum atomic E-state index is 0.408. The molecule has 1 fully saturated rings. The molecule has 138 valence electrons. The van der Waals surface area contributed by atoms with E-state index < -0.39 is 0 Å². The van der Waals surface area contributed by atoms with Crippen molar-refractivity contribution in [3.8, 4) is 5.75 Å². The van der Waals surface area contributed by atoms with Gasteiger partial charge in [0.2, 0.25) is 0 Å². The number of nitrogens with one attached hydrogen (secondary N) is 1. The maximum Gasteiger partial charge on any atom is 0.169 e. The summed E-state index contributed by atoms with van der Waals surface area (Å²) in [6, 6.07) is 19.2. The monoisotopic (exact) mass is 369 g/mol. The molecule has 4 nitrogen and oxygen atoms in total. The van der Waals surface area contributed by atoms with Gasteiger partial charge in [0, 0.05) is 37.9 Å². The molecule has 0 aliphatic carbocycles. The third-order valence-electron chi connectivity index (χ3n) is 4.85. The highest BCUT2D eigenvalue weighted by Gasteiger charge is 2.25. The first kappa shape index (κ1) is 18.5. The van der Waals surface area contributed by atoms with Crippen LogP contribution in [0.1, 0.15) is 12.5 Å². The fraction of sp³-hybridized carbons (Fsp3) is 0.381. The van der Waals surface area contributed by atoms with E-state index in [0.29, 0.717) is 6.04 Å². The van der Waals surface area contributed by atoms with Gasteiger partial charge in [-0.2, -0.15) is 0 Å². The number of nitrogens with zero attached hydrogens (tertiary/aromatic N) is 2. The van der Waals surface area contributed by atoms with Gasteiger partial charge in [0.1, 0.15) is 5.75 Å². The Kier molecular flexibility index (Phi) is 6.34. The Labute approximate surface area is 161 Å². The summed E-state index contributed by atoms with van der Waals surface area (Å²) in [5.74, 6) is 0.892. The molecule has 1 saturated heterocycles. The van der Waals surface area contributed by atoms with Gasteiger partial charge >= 0.3 is 0 Å². The molecular formula is C21H27N3OS. The average molecular weight is 370 g/mol. The second kappa shape index (κ2) is 8.90. The number of benzene rings is 2. The van der Waals surface area contributed by atoms with Crippen molar-refractivity contribution < 1.29 is 4.74 Å². The average Bonchev–Trinajstić information content (AvgIpc) is 2.69. The van der Waals surface area contributed by atoms with Crippen molar-refractivity contribution in [2.24, 2.45) is 0 Å². The lowest BCUT2D eigenvalue weighted by molar-refractivity contribution is 0.334. The van der Waals surface area contributed by atoms with Crippen molar-refractivity contribution in [3.63, 3.8) is 0 Å². The number of piperazine rings is 1. The predicted molar refractivity (Wildman–Crippen MR) is 112 cm³/mol. The van der Waals surface area contributed by atoms with E-state index >= 15 is 0 Å². The molecule has 2 aromatic carbocycles. The maximum absolute atomic E-state index is 5.61. The molecule has 0 amide bonds. The van der Waals surface area contributed by atoms with Crippen LogP contribution in [0, 0.1) is 0 Å². The van der Waals surface area contributed by atoms with Crippen molar-refractivity contribution in [3.05, 3.63) is 60.2 Å². The SMILES string of the molecule is COc1ccc(N2CCN(C(=S)NCCc3ccccc3)CC2C)cc1. The lowest BCUT2D eigenvalue weighted by atomic mass is 10.1. The zero-order valence-electron chi connectivity index (χ0n) is 15.5. The molecule has 2 aromatic rings. The molecule has 0 aromatic heterocycles. The fourth-order valence-electron chi connectivity index (χ4n) is 3.37. The van der Waals surface area contributed by atoms with Crippen LogP contribution < -0.4 is 15.0 Å². The third-order valence-corrected chi connectivity index (χ3v) is 5.25. The maximum atomic E-state index is 5.61. The number of hydrogen-bond donors (Lipinski definition) is 1. The Balaban J connectivity index is 1.48. The van der Waals surface area contributed by atoms with Crippen LogP contribution in [0.5, 0.6) is 5.75 Å². The second-order valence-corrected chi connectivity index (χ2v) is 7.04. The summed E-state index contributed by atoms with van der Waals surface area (Å²) in [6.45, 7) is 5.96. The molecule has 1 aliphatic heterocycles. The van der Waals surface area contributed by atoms with Gasteiger partial charge in [0.25, 0.3) is 0 Å². The van der Waals surface area contributed by atoms with Gasteiger partial charge in [0.15, 0.2) is 5.11 Å². The highest BCUT2D eigenvalue weighted by molar-refractivity contribution is 7.80. The molecule has 0 radical (unpaired) electrons. The van der Waals surface area contributed by atoms with E-state index in [1.165, 1.54) is 11.3 Å². The first-order valence-corrected chi connectivity index (χ1v) is 9.55. The van der Waals surface area contributed by atoms with E-state index in [1.54, 1.807) is 7.11 Å². The molecule has 0 bridgehead atoms. The molecule has 26 heavy (non-hydrogen) atoms. The lowest BCUT2D eigenvalue weighted by Gasteiger charge is -2.42. The van der Waals surface area contributed by atoms with Crippen LogP contribution in [-0.2, 0) is 6.42 Å². The molecule has 1 N–H and O–H groups in total. The van der Waals surface area contributed by atoms with Gasteiger partial charge in [-0.1, -0.05) is 30.3 Å². The Morgan fingerprint density at radius 2 is 1.85 bits per heavy atom. The molecule has 1 unspecified atom stereocenters. The van der Waals surface area contributed by atoms with Crippen LogP contribution in [0.15, 0.2) is 54.6 Å². The molecule has 3 rings (SSSR count). The van der Waals surface area contributed by atoms with Gasteiger partial charge < -0.3 is 19.9 Å². The van der Waals surface area contributed by atoms with Gasteiger partial charge in [-0.3, -0.25) is 0 Å². The molecule has 5 heteroatoms. The largest absolute Gasteiger partial charge is 0.497 e. The normalized spacial score (nSPS) is 17.1. The van der Waals surface area contributed by atoms with Crippen LogP contribution in [0.2, 0.25) is 0 Å². The van der Waals surface area contributed by atoms with E-state index in [2.05, 4.69) is 58.4 Å². The lowest BCUT2D eigenvalue weighted by Crippen LogP contribution is -2.56. The van der Waals surface area contributed by atoms with E-state index in [1.807, 2.05) is 18.2 Å².